The van der Waals surface area contributed by atoms with Gasteiger partial charge in [0.15, 0.2) is 0 Å². The second-order valence-electron chi connectivity index (χ2n) is 7.84. The molecule has 0 unspecified atom stereocenters. The largest absolute Gasteiger partial charge is 0.391 e. The molecule has 1 saturated heterocycles. The van der Waals surface area contributed by atoms with Crippen LogP contribution in [0.4, 0.5) is 4.39 Å². The lowest BCUT2D eigenvalue weighted by Gasteiger charge is -2.36. The summed E-state index contributed by atoms with van der Waals surface area (Å²) in [6.45, 7) is 1.25. The number of aliphatic hydroxyl groups excluding tert-OH is 1. The first kappa shape index (κ1) is 17.3. The summed E-state index contributed by atoms with van der Waals surface area (Å²) < 4.78 is 15.1. The van der Waals surface area contributed by atoms with Gasteiger partial charge in [-0.1, -0.05) is 12.1 Å². The van der Waals surface area contributed by atoms with Crippen molar-refractivity contribution in [1.29, 1.82) is 0 Å². The van der Waals surface area contributed by atoms with Gasteiger partial charge in [0.25, 0.3) is 5.91 Å². The van der Waals surface area contributed by atoms with E-state index in [2.05, 4.69) is 14.5 Å². The fraction of sp³-hybridized carbons (Fsp3) is 0.381. The third-order valence-corrected chi connectivity index (χ3v) is 6.18. The van der Waals surface area contributed by atoms with E-state index in [9.17, 15) is 14.3 Å². The summed E-state index contributed by atoms with van der Waals surface area (Å²) in [6, 6.07) is 10.6. The maximum absolute atomic E-state index is 13.1. The Labute approximate surface area is 161 Å². The summed E-state index contributed by atoms with van der Waals surface area (Å²) in [4.78, 5) is 22.9. The molecule has 28 heavy (non-hydrogen) atoms. The number of nitrogens with zero attached hydrogens (tertiary/aromatic N) is 4. The highest BCUT2D eigenvalue weighted by Crippen LogP contribution is 2.42. The summed E-state index contributed by atoms with van der Waals surface area (Å²) >= 11 is 0. The van der Waals surface area contributed by atoms with Crippen LogP contribution in [0.25, 0.3) is 11.0 Å². The van der Waals surface area contributed by atoms with Gasteiger partial charge in [0.05, 0.1) is 35.7 Å². The standard InChI is InChI=1S/C21H21FN4O2/c22-15-5-6-17(23-9-15)21(28)25-10-13-7-19(20(27)8-14(13)11-25)26-12-24-16-3-1-2-4-18(16)26/h1-6,9,12-14,19-20,27H,7-8,10-11H2/t13-,14+,19-,20-/m1/s1. The number of carbonyl (C=O) groups excluding carboxylic acids is 1. The van der Waals surface area contributed by atoms with E-state index in [1.807, 2.05) is 24.3 Å². The zero-order chi connectivity index (χ0) is 19.3. The first-order valence-electron chi connectivity index (χ1n) is 9.60. The van der Waals surface area contributed by atoms with E-state index in [0.29, 0.717) is 25.4 Å². The number of carbonyl (C=O) groups is 1. The van der Waals surface area contributed by atoms with Crippen molar-refractivity contribution in [1.82, 2.24) is 19.4 Å². The molecule has 0 spiro atoms. The minimum Gasteiger partial charge on any atom is -0.391 e. The van der Waals surface area contributed by atoms with Gasteiger partial charge in [0, 0.05) is 13.1 Å². The molecule has 5 rings (SSSR count). The predicted octanol–water partition coefficient (Wildman–Crippen LogP) is 2.65. The molecule has 1 saturated carbocycles. The van der Waals surface area contributed by atoms with Gasteiger partial charge in [0.2, 0.25) is 0 Å². The van der Waals surface area contributed by atoms with E-state index >= 15 is 0 Å². The van der Waals surface area contributed by atoms with Crippen LogP contribution in [0.1, 0.15) is 29.4 Å². The topological polar surface area (TPSA) is 71.2 Å². The summed E-state index contributed by atoms with van der Waals surface area (Å²) in [5.41, 5.74) is 2.20. The molecular weight excluding hydrogens is 359 g/mol. The number of aromatic nitrogens is 3. The number of halogens is 1. The maximum atomic E-state index is 13.1. The molecule has 4 atom stereocenters. The number of likely N-dealkylation sites (tertiary alicyclic amines) is 1. The number of aliphatic hydroxyl groups is 1. The number of imidazole rings is 1. The van der Waals surface area contributed by atoms with Gasteiger partial charge in [-0.15, -0.1) is 0 Å². The van der Waals surface area contributed by atoms with E-state index in [1.165, 1.54) is 12.1 Å². The number of pyridine rings is 1. The smallest absolute Gasteiger partial charge is 0.272 e. The van der Waals surface area contributed by atoms with Gasteiger partial charge in [0.1, 0.15) is 11.5 Å². The van der Waals surface area contributed by atoms with Gasteiger partial charge in [-0.25, -0.2) is 14.4 Å². The quantitative estimate of drug-likeness (QED) is 0.742. The Kier molecular flexibility index (Phi) is 4.12. The third kappa shape index (κ3) is 2.86. The van der Waals surface area contributed by atoms with Crippen LogP contribution >= 0.6 is 0 Å². The third-order valence-electron chi connectivity index (χ3n) is 6.18. The van der Waals surface area contributed by atoms with Crippen molar-refractivity contribution in [3.8, 4) is 0 Å². The van der Waals surface area contributed by atoms with Crippen molar-refractivity contribution in [2.75, 3.05) is 13.1 Å². The Morgan fingerprint density at radius 2 is 1.86 bits per heavy atom. The second-order valence-corrected chi connectivity index (χ2v) is 7.84. The van der Waals surface area contributed by atoms with Crippen LogP contribution in [0.15, 0.2) is 48.9 Å². The molecule has 3 heterocycles. The maximum Gasteiger partial charge on any atom is 0.272 e. The number of amides is 1. The molecule has 0 bridgehead atoms. The SMILES string of the molecule is O=C(c1ccc(F)cn1)N1C[C@H]2C[C@@H](n3cnc4ccccc43)[C@H](O)C[C@H]2C1. The average molecular weight is 380 g/mol. The van der Waals surface area contributed by atoms with Crippen molar-refractivity contribution >= 4 is 16.9 Å². The highest BCUT2D eigenvalue weighted by Gasteiger charge is 2.44. The van der Waals surface area contributed by atoms with Crippen LogP contribution in [-0.2, 0) is 0 Å². The number of rotatable bonds is 2. The number of para-hydroxylation sites is 2. The summed E-state index contributed by atoms with van der Waals surface area (Å²) in [6.07, 6.45) is 3.85. The Bertz CT molecular complexity index is 1020. The van der Waals surface area contributed by atoms with Crippen LogP contribution in [-0.4, -0.2) is 49.6 Å². The van der Waals surface area contributed by atoms with Crippen molar-refractivity contribution in [2.45, 2.75) is 25.0 Å². The van der Waals surface area contributed by atoms with Crippen molar-refractivity contribution in [3.63, 3.8) is 0 Å². The van der Waals surface area contributed by atoms with Crippen LogP contribution < -0.4 is 0 Å². The molecule has 0 radical (unpaired) electrons. The molecule has 2 fully saturated rings. The molecule has 2 aliphatic rings. The zero-order valence-electron chi connectivity index (χ0n) is 15.3. The molecule has 1 aliphatic carbocycles. The van der Waals surface area contributed by atoms with Crippen molar-refractivity contribution in [2.24, 2.45) is 11.8 Å². The molecular formula is C21H21FN4O2. The highest BCUT2D eigenvalue weighted by molar-refractivity contribution is 5.92. The molecule has 1 amide bonds. The number of hydrogen-bond acceptors (Lipinski definition) is 4. The Morgan fingerprint density at radius 3 is 2.64 bits per heavy atom. The number of benzene rings is 1. The molecule has 1 N–H and O–H groups in total. The van der Waals surface area contributed by atoms with Gasteiger partial charge in [-0.2, -0.15) is 0 Å². The monoisotopic (exact) mass is 380 g/mol. The minimum atomic E-state index is -0.474. The molecule has 2 aromatic heterocycles. The number of fused-ring (bicyclic) bond motifs is 2. The molecule has 1 aliphatic heterocycles. The molecule has 7 heteroatoms. The van der Waals surface area contributed by atoms with Gasteiger partial charge >= 0.3 is 0 Å². The van der Waals surface area contributed by atoms with E-state index in [-0.39, 0.29) is 23.6 Å². The highest BCUT2D eigenvalue weighted by atomic mass is 19.1. The summed E-state index contributed by atoms with van der Waals surface area (Å²) in [5.74, 6) is -0.0388. The van der Waals surface area contributed by atoms with Crippen LogP contribution in [0.3, 0.4) is 0 Å². The van der Waals surface area contributed by atoms with E-state index in [0.717, 1.165) is 23.7 Å². The summed E-state index contributed by atoms with van der Waals surface area (Å²) in [5, 5.41) is 10.8. The first-order chi connectivity index (χ1) is 13.6. The van der Waals surface area contributed by atoms with E-state index in [1.54, 1.807) is 11.2 Å². The Morgan fingerprint density at radius 1 is 1.07 bits per heavy atom. The van der Waals surface area contributed by atoms with Crippen LogP contribution in [0.5, 0.6) is 0 Å². The average Bonchev–Trinajstić information content (AvgIpc) is 3.31. The Balaban J connectivity index is 1.35. The lowest BCUT2D eigenvalue weighted by atomic mass is 9.77. The fourth-order valence-corrected chi connectivity index (χ4v) is 4.78. The molecule has 144 valence electrons. The van der Waals surface area contributed by atoms with Gasteiger partial charge < -0.3 is 14.6 Å². The fourth-order valence-electron chi connectivity index (χ4n) is 4.78. The minimum absolute atomic E-state index is 0.0485. The molecule has 3 aromatic rings. The zero-order valence-corrected chi connectivity index (χ0v) is 15.3. The Hall–Kier alpha value is -2.80. The second kappa shape index (κ2) is 6.67. The van der Waals surface area contributed by atoms with Crippen molar-refractivity contribution in [3.05, 3.63) is 60.4 Å². The summed E-state index contributed by atoms with van der Waals surface area (Å²) in [7, 11) is 0. The first-order valence-corrected chi connectivity index (χ1v) is 9.60. The lowest BCUT2D eigenvalue weighted by molar-refractivity contribution is 0.0374. The normalized spacial score (nSPS) is 27.1. The molecule has 6 nitrogen and oxygen atoms in total. The van der Waals surface area contributed by atoms with Gasteiger partial charge in [-0.3, -0.25) is 4.79 Å². The predicted molar refractivity (Wildman–Crippen MR) is 101 cm³/mol. The van der Waals surface area contributed by atoms with E-state index < -0.39 is 11.9 Å². The van der Waals surface area contributed by atoms with Crippen molar-refractivity contribution < 1.29 is 14.3 Å². The van der Waals surface area contributed by atoms with E-state index in [4.69, 9.17) is 0 Å². The van der Waals surface area contributed by atoms with Crippen LogP contribution in [0.2, 0.25) is 0 Å². The number of hydrogen-bond donors (Lipinski definition) is 1. The molecule has 1 aromatic carbocycles. The van der Waals surface area contributed by atoms with Crippen LogP contribution in [0, 0.1) is 17.7 Å². The van der Waals surface area contributed by atoms with Gasteiger partial charge in [-0.05, 0) is 48.9 Å². The lowest BCUT2D eigenvalue weighted by Crippen LogP contribution is -2.36.